The summed E-state index contributed by atoms with van der Waals surface area (Å²) < 4.78 is 11.2. The molecule has 3 aromatic carbocycles. The van der Waals surface area contributed by atoms with Gasteiger partial charge in [0.05, 0.1) is 6.21 Å². The van der Waals surface area contributed by atoms with Crippen LogP contribution in [-0.2, 0) is 16.1 Å². The average Bonchev–Trinajstić information content (AvgIpc) is 2.75. The van der Waals surface area contributed by atoms with Crippen molar-refractivity contribution in [1.29, 1.82) is 0 Å². The number of ether oxygens (including phenoxy) is 2. The first-order valence-corrected chi connectivity index (χ1v) is 9.42. The van der Waals surface area contributed by atoms with Crippen molar-refractivity contribution in [2.75, 3.05) is 7.11 Å². The molecular formula is C23H21ClN2O3. The molecule has 0 saturated carbocycles. The summed E-state index contributed by atoms with van der Waals surface area (Å²) >= 11 is 6.18. The highest BCUT2D eigenvalue weighted by Gasteiger charge is 2.19. The second kappa shape index (κ2) is 10.4. The van der Waals surface area contributed by atoms with E-state index in [4.69, 9.17) is 21.1 Å². The van der Waals surface area contributed by atoms with Crippen LogP contribution in [0.1, 0.15) is 22.8 Å². The van der Waals surface area contributed by atoms with E-state index in [1.54, 1.807) is 0 Å². The van der Waals surface area contributed by atoms with Gasteiger partial charge in [0.25, 0.3) is 5.91 Å². The van der Waals surface area contributed by atoms with Gasteiger partial charge in [0.1, 0.15) is 12.4 Å². The zero-order valence-electron chi connectivity index (χ0n) is 15.9. The molecule has 0 aliphatic heterocycles. The number of amides is 1. The number of carbonyl (C=O) groups is 1. The van der Waals surface area contributed by atoms with Crippen molar-refractivity contribution in [1.82, 2.24) is 5.43 Å². The Morgan fingerprint density at radius 1 is 1.03 bits per heavy atom. The number of hydrazone groups is 1. The fraction of sp³-hybridized carbons (Fsp3) is 0.130. The number of methoxy groups -OCH3 is 1. The van der Waals surface area contributed by atoms with Gasteiger partial charge in [-0.15, -0.1) is 0 Å². The van der Waals surface area contributed by atoms with Crippen molar-refractivity contribution >= 4 is 23.7 Å². The Kier molecular flexibility index (Phi) is 7.39. The summed E-state index contributed by atoms with van der Waals surface area (Å²) in [6, 6.07) is 24.2. The standard InChI is InChI=1S/C23H21ClN2O3/c1-28-22(17-9-3-2-4-10-17)23(27)26-25-15-18-11-6-8-14-21(18)29-16-19-12-5-7-13-20(19)24/h2-15,22H,16H2,1H3,(H,26,27). The summed E-state index contributed by atoms with van der Waals surface area (Å²) in [6.07, 6.45) is 0.803. The molecule has 6 heteroatoms. The van der Waals surface area contributed by atoms with E-state index in [1.165, 1.54) is 13.3 Å². The molecule has 3 aromatic rings. The Bertz CT molecular complexity index is 977. The summed E-state index contributed by atoms with van der Waals surface area (Å²) in [5, 5.41) is 4.71. The molecule has 148 valence electrons. The van der Waals surface area contributed by atoms with E-state index in [9.17, 15) is 4.79 Å². The van der Waals surface area contributed by atoms with Gasteiger partial charge < -0.3 is 9.47 Å². The lowest BCUT2D eigenvalue weighted by atomic mass is 10.1. The normalized spacial score (nSPS) is 11.9. The number of rotatable bonds is 8. The van der Waals surface area contributed by atoms with Crippen LogP contribution in [0.5, 0.6) is 5.75 Å². The molecule has 5 nitrogen and oxygen atoms in total. The highest BCUT2D eigenvalue weighted by atomic mass is 35.5. The minimum atomic E-state index is -0.736. The van der Waals surface area contributed by atoms with Crippen LogP contribution in [-0.4, -0.2) is 19.2 Å². The molecule has 1 atom stereocenters. The van der Waals surface area contributed by atoms with Crippen LogP contribution < -0.4 is 10.2 Å². The number of nitrogens with one attached hydrogen (secondary N) is 1. The highest BCUT2D eigenvalue weighted by molar-refractivity contribution is 6.31. The molecule has 1 amide bonds. The van der Waals surface area contributed by atoms with Crippen molar-refractivity contribution in [3.8, 4) is 5.75 Å². The van der Waals surface area contributed by atoms with Gasteiger partial charge in [-0.1, -0.05) is 72.3 Å². The first kappa shape index (κ1) is 20.6. The van der Waals surface area contributed by atoms with E-state index in [2.05, 4.69) is 10.5 Å². The minimum absolute atomic E-state index is 0.330. The van der Waals surface area contributed by atoms with Crippen LogP contribution in [0.2, 0.25) is 5.02 Å². The lowest BCUT2D eigenvalue weighted by Gasteiger charge is -2.13. The molecule has 0 heterocycles. The van der Waals surface area contributed by atoms with Crippen LogP contribution in [0.4, 0.5) is 0 Å². The topological polar surface area (TPSA) is 59.9 Å². The lowest BCUT2D eigenvalue weighted by molar-refractivity contribution is -0.131. The SMILES string of the molecule is COC(C(=O)NN=Cc1ccccc1OCc1ccccc1Cl)c1ccccc1. The number of para-hydroxylation sites is 1. The molecule has 0 radical (unpaired) electrons. The number of benzene rings is 3. The van der Waals surface area contributed by atoms with Gasteiger partial charge >= 0.3 is 0 Å². The van der Waals surface area contributed by atoms with E-state index >= 15 is 0 Å². The summed E-state index contributed by atoms with van der Waals surface area (Å²) in [7, 11) is 1.48. The van der Waals surface area contributed by atoms with Gasteiger partial charge in [-0.25, -0.2) is 5.43 Å². The number of halogens is 1. The Hall–Kier alpha value is -3.15. The molecule has 0 spiro atoms. The summed E-state index contributed by atoms with van der Waals surface area (Å²) in [5.41, 5.74) is 4.89. The largest absolute Gasteiger partial charge is 0.488 e. The Morgan fingerprint density at radius 3 is 2.48 bits per heavy atom. The molecule has 1 unspecified atom stereocenters. The third kappa shape index (κ3) is 5.67. The highest BCUT2D eigenvalue weighted by Crippen LogP contribution is 2.21. The Labute approximate surface area is 174 Å². The number of carbonyl (C=O) groups excluding carboxylic acids is 1. The predicted octanol–water partition coefficient (Wildman–Crippen LogP) is 4.76. The molecule has 0 fully saturated rings. The van der Waals surface area contributed by atoms with Gasteiger partial charge in [0, 0.05) is 23.3 Å². The smallest absolute Gasteiger partial charge is 0.273 e. The zero-order chi connectivity index (χ0) is 20.5. The third-order valence-electron chi connectivity index (χ3n) is 4.21. The minimum Gasteiger partial charge on any atom is -0.488 e. The Morgan fingerprint density at radius 2 is 1.72 bits per heavy atom. The van der Waals surface area contributed by atoms with Gasteiger partial charge in [-0.3, -0.25) is 4.79 Å². The van der Waals surface area contributed by atoms with Crippen molar-refractivity contribution < 1.29 is 14.3 Å². The number of nitrogens with zero attached hydrogens (tertiary/aromatic N) is 1. The summed E-state index contributed by atoms with van der Waals surface area (Å²) in [5.74, 6) is 0.279. The first-order valence-electron chi connectivity index (χ1n) is 9.05. The second-order valence-corrected chi connectivity index (χ2v) is 6.59. The molecule has 29 heavy (non-hydrogen) atoms. The maximum absolute atomic E-state index is 12.4. The maximum atomic E-state index is 12.4. The molecule has 0 aromatic heterocycles. The number of hydrogen-bond acceptors (Lipinski definition) is 4. The van der Waals surface area contributed by atoms with Gasteiger partial charge in [0.15, 0.2) is 6.10 Å². The summed E-state index contributed by atoms with van der Waals surface area (Å²) in [4.78, 5) is 12.4. The molecular weight excluding hydrogens is 388 g/mol. The molecule has 1 N–H and O–H groups in total. The van der Waals surface area contributed by atoms with Crippen molar-refractivity contribution in [2.24, 2.45) is 5.10 Å². The monoisotopic (exact) mass is 408 g/mol. The first-order chi connectivity index (χ1) is 14.2. The third-order valence-corrected chi connectivity index (χ3v) is 4.58. The van der Waals surface area contributed by atoms with E-state index < -0.39 is 6.10 Å². The van der Waals surface area contributed by atoms with Crippen LogP contribution in [0, 0.1) is 0 Å². The van der Waals surface area contributed by atoms with Crippen LogP contribution in [0.3, 0.4) is 0 Å². The fourth-order valence-corrected chi connectivity index (χ4v) is 2.93. The van der Waals surface area contributed by atoms with E-state index in [-0.39, 0.29) is 5.91 Å². The fourth-order valence-electron chi connectivity index (χ4n) is 2.74. The zero-order valence-corrected chi connectivity index (χ0v) is 16.7. The molecule has 0 bridgehead atoms. The van der Waals surface area contributed by atoms with E-state index in [0.29, 0.717) is 17.4 Å². The summed E-state index contributed by atoms with van der Waals surface area (Å²) in [6.45, 7) is 0.330. The van der Waals surface area contributed by atoms with Crippen LogP contribution in [0.15, 0.2) is 84.0 Å². The van der Waals surface area contributed by atoms with Crippen molar-refractivity contribution in [3.63, 3.8) is 0 Å². The molecule has 3 rings (SSSR count). The van der Waals surface area contributed by atoms with Crippen LogP contribution in [0.25, 0.3) is 0 Å². The quantitative estimate of drug-likeness (QED) is 0.432. The van der Waals surface area contributed by atoms with Gasteiger partial charge in [-0.05, 0) is 23.8 Å². The molecule has 0 aliphatic rings. The van der Waals surface area contributed by atoms with Gasteiger partial charge in [-0.2, -0.15) is 5.10 Å². The van der Waals surface area contributed by atoms with E-state index in [0.717, 1.165) is 16.7 Å². The molecule has 0 aliphatic carbocycles. The predicted molar refractivity (Wildman–Crippen MR) is 114 cm³/mol. The van der Waals surface area contributed by atoms with Crippen molar-refractivity contribution in [2.45, 2.75) is 12.7 Å². The van der Waals surface area contributed by atoms with Crippen molar-refractivity contribution in [3.05, 3.63) is 101 Å². The molecule has 0 saturated heterocycles. The number of hydrogen-bond donors (Lipinski definition) is 1. The van der Waals surface area contributed by atoms with E-state index in [1.807, 2.05) is 78.9 Å². The average molecular weight is 409 g/mol. The van der Waals surface area contributed by atoms with Gasteiger partial charge in [0.2, 0.25) is 0 Å². The lowest BCUT2D eigenvalue weighted by Crippen LogP contribution is -2.26. The van der Waals surface area contributed by atoms with Crippen LogP contribution >= 0.6 is 11.6 Å². The second-order valence-electron chi connectivity index (χ2n) is 6.18. The maximum Gasteiger partial charge on any atom is 0.273 e. The Balaban J connectivity index is 1.65.